The monoisotopic (exact) mass is 357 g/mol. The zero-order chi connectivity index (χ0) is 14.7. The zero-order valence-electron chi connectivity index (χ0n) is 11.5. The Morgan fingerprint density at radius 2 is 1.60 bits per heavy atom. The lowest BCUT2D eigenvalue weighted by molar-refractivity contribution is 0.347. The van der Waals surface area contributed by atoms with Crippen molar-refractivity contribution < 1.29 is 14.2 Å². The third-order valence-corrected chi connectivity index (χ3v) is 4.68. The van der Waals surface area contributed by atoms with E-state index in [0.717, 1.165) is 14.2 Å². The van der Waals surface area contributed by atoms with Crippen molar-refractivity contribution in [2.45, 2.75) is 6.04 Å². The van der Waals surface area contributed by atoms with Crippen LogP contribution in [-0.2, 0) is 0 Å². The van der Waals surface area contributed by atoms with Crippen LogP contribution in [0.5, 0.6) is 17.2 Å². The van der Waals surface area contributed by atoms with Gasteiger partial charge in [0.1, 0.15) is 5.75 Å². The van der Waals surface area contributed by atoms with Gasteiger partial charge >= 0.3 is 0 Å². The molecule has 0 amide bonds. The van der Waals surface area contributed by atoms with Gasteiger partial charge in [-0.15, -0.1) is 11.3 Å². The predicted molar refractivity (Wildman–Crippen MR) is 84.1 cm³/mol. The highest BCUT2D eigenvalue weighted by Crippen LogP contribution is 2.40. The molecule has 1 unspecified atom stereocenters. The summed E-state index contributed by atoms with van der Waals surface area (Å²) in [5.41, 5.74) is 7.20. The van der Waals surface area contributed by atoms with E-state index in [4.69, 9.17) is 19.9 Å². The molecule has 0 saturated heterocycles. The Morgan fingerprint density at radius 3 is 2.10 bits per heavy atom. The summed E-state index contributed by atoms with van der Waals surface area (Å²) in [5, 5.41) is 0. The summed E-state index contributed by atoms with van der Waals surface area (Å²) in [6.45, 7) is 0. The number of methoxy groups -OCH3 is 3. The minimum Gasteiger partial charge on any atom is -0.496 e. The Hall–Kier alpha value is -1.24. The van der Waals surface area contributed by atoms with Crippen molar-refractivity contribution in [3.8, 4) is 17.2 Å². The van der Waals surface area contributed by atoms with Crippen LogP contribution in [0.15, 0.2) is 28.1 Å². The number of hydrogen-bond donors (Lipinski definition) is 1. The number of nitrogens with two attached hydrogens (primary N) is 1. The topological polar surface area (TPSA) is 53.7 Å². The summed E-state index contributed by atoms with van der Waals surface area (Å²) in [6, 6.07) is 7.34. The van der Waals surface area contributed by atoms with E-state index >= 15 is 0 Å². The third-order valence-electron chi connectivity index (χ3n) is 2.97. The number of thiophene rings is 1. The van der Waals surface area contributed by atoms with E-state index in [-0.39, 0.29) is 6.04 Å². The maximum Gasteiger partial charge on any atom is 0.164 e. The van der Waals surface area contributed by atoms with Crippen molar-refractivity contribution in [3.63, 3.8) is 0 Å². The van der Waals surface area contributed by atoms with Crippen LogP contribution in [0.1, 0.15) is 16.5 Å². The lowest BCUT2D eigenvalue weighted by Crippen LogP contribution is -2.12. The number of ether oxygens (including phenoxy) is 3. The number of rotatable bonds is 5. The van der Waals surface area contributed by atoms with Gasteiger partial charge in [0.25, 0.3) is 0 Å². The van der Waals surface area contributed by atoms with Gasteiger partial charge < -0.3 is 19.9 Å². The first kappa shape index (κ1) is 15.2. The van der Waals surface area contributed by atoms with E-state index < -0.39 is 0 Å². The van der Waals surface area contributed by atoms with E-state index in [1.807, 2.05) is 18.2 Å². The largest absolute Gasteiger partial charge is 0.496 e. The van der Waals surface area contributed by atoms with Gasteiger partial charge in [0.05, 0.1) is 31.2 Å². The van der Waals surface area contributed by atoms with Crippen LogP contribution in [0.4, 0.5) is 0 Å². The third kappa shape index (κ3) is 2.92. The number of hydrogen-bond acceptors (Lipinski definition) is 5. The van der Waals surface area contributed by atoms with E-state index in [0.29, 0.717) is 17.2 Å². The molecule has 0 aliphatic heterocycles. The van der Waals surface area contributed by atoms with Crippen LogP contribution >= 0.6 is 27.3 Å². The van der Waals surface area contributed by atoms with Gasteiger partial charge in [-0.3, -0.25) is 0 Å². The zero-order valence-corrected chi connectivity index (χ0v) is 13.9. The van der Waals surface area contributed by atoms with Crippen LogP contribution in [0.3, 0.4) is 0 Å². The second-order valence-electron chi connectivity index (χ2n) is 4.07. The average Bonchev–Trinajstić information content (AvgIpc) is 2.91. The maximum atomic E-state index is 6.33. The minimum absolute atomic E-state index is 0.277. The van der Waals surface area contributed by atoms with E-state index in [2.05, 4.69) is 15.9 Å². The van der Waals surface area contributed by atoms with Gasteiger partial charge in [-0.1, -0.05) is 0 Å². The number of benzene rings is 1. The molecule has 0 aliphatic carbocycles. The fourth-order valence-electron chi connectivity index (χ4n) is 1.94. The van der Waals surface area contributed by atoms with Crippen LogP contribution in [0.2, 0.25) is 0 Å². The lowest BCUT2D eigenvalue weighted by atomic mass is 10.0. The van der Waals surface area contributed by atoms with E-state index in [1.54, 1.807) is 38.7 Å². The molecule has 0 radical (unpaired) electrons. The quantitative estimate of drug-likeness (QED) is 0.888. The van der Waals surface area contributed by atoms with Gasteiger partial charge in [0, 0.05) is 16.5 Å². The standard InChI is InChI=1S/C14H16BrNO3S/c1-17-9-7-11(19-3)10(18-2)6-8(9)14(16)12-4-5-13(15)20-12/h4-7,14H,16H2,1-3H3. The van der Waals surface area contributed by atoms with Gasteiger partial charge in [0.15, 0.2) is 11.5 Å². The summed E-state index contributed by atoms with van der Waals surface area (Å²) in [7, 11) is 4.80. The Bertz CT molecular complexity index is 600. The molecule has 0 spiro atoms. The first-order chi connectivity index (χ1) is 9.60. The fourth-order valence-corrected chi connectivity index (χ4v) is 3.39. The van der Waals surface area contributed by atoms with Crippen LogP contribution in [0, 0.1) is 0 Å². The Balaban J connectivity index is 2.49. The predicted octanol–water partition coefficient (Wildman–Crippen LogP) is 3.58. The first-order valence-corrected chi connectivity index (χ1v) is 7.52. The molecule has 1 aromatic heterocycles. The normalized spacial score (nSPS) is 12.1. The van der Waals surface area contributed by atoms with Gasteiger partial charge in [-0.25, -0.2) is 0 Å². The minimum atomic E-state index is -0.277. The summed E-state index contributed by atoms with van der Waals surface area (Å²) >= 11 is 5.04. The molecule has 2 aromatic rings. The molecule has 0 fully saturated rings. The van der Waals surface area contributed by atoms with E-state index in [9.17, 15) is 0 Å². The van der Waals surface area contributed by atoms with Crippen molar-refractivity contribution in [3.05, 3.63) is 38.5 Å². The van der Waals surface area contributed by atoms with Gasteiger partial charge in [-0.05, 0) is 34.1 Å². The molecule has 1 aromatic carbocycles. The molecular weight excluding hydrogens is 342 g/mol. The molecule has 4 nitrogen and oxygen atoms in total. The van der Waals surface area contributed by atoms with Crippen LogP contribution in [0.25, 0.3) is 0 Å². The molecule has 2 rings (SSSR count). The molecular formula is C14H16BrNO3S. The highest BCUT2D eigenvalue weighted by atomic mass is 79.9. The highest BCUT2D eigenvalue weighted by molar-refractivity contribution is 9.11. The smallest absolute Gasteiger partial charge is 0.164 e. The van der Waals surface area contributed by atoms with Gasteiger partial charge in [0.2, 0.25) is 0 Å². The summed E-state index contributed by atoms with van der Waals surface area (Å²) < 4.78 is 17.1. The Morgan fingerprint density at radius 1 is 1.00 bits per heavy atom. The second-order valence-corrected chi connectivity index (χ2v) is 6.56. The molecule has 0 saturated carbocycles. The Kier molecular flexibility index (Phi) is 4.91. The molecule has 1 atom stereocenters. The Labute approximate surface area is 130 Å². The van der Waals surface area contributed by atoms with Crippen molar-refractivity contribution in [2.75, 3.05) is 21.3 Å². The van der Waals surface area contributed by atoms with Crippen molar-refractivity contribution in [2.24, 2.45) is 5.73 Å². The molecule has 2 N–H and O–H groups in total. The molecule has 1 heterocycles. The molecule has 108 valence electrons. The average molecular weight is 358 g/mol. The highest BCUT2D eigenvalue weighted by Gasteiger charge is 2.19. The second kappa shape index (κ2) is 6.47. The summed E-state index contributed by atoms with van der Waals surface area (Å²) in [6.07, 6.45) is 0. The fraction of sp³-hybridized carbons (Fsp3) is 0.286. The maximum absolute atomic E-state index is 6.33. The molecule has 0 aliphatic rings. The lowest BCUT2D eigenvalue weighted by Gasteiger charge is -2.17. The van der Waals surface area contributed by atoms with Crippen molar-refractivity contribution in [1.29, 1.82) is 0 Å². The number of halogens is 1. The summed E-state index contributed by atoms with van der Waals surface area (Å²) in [5.74, 6) is 1.93. The molecule has 0 bridgehead atoms. The SMILES string of the molecule is COc1cc(OC)c(C(N)c2ccc(Br)s2)cc1OC. The van der Waals surface area contributed by atoms with Crippen LogP contribution in [-0.4, -0.2) is 21.3 Å². The van der Waals surface area contributed by atoms with Crippen molar-refractivity contribution in [1.82, 2.24) is 0 Å². The van der Waals surface area contributed by atoms with E-state index in [1.165, 1.54) is 0 Å². The molecule has 6 heteroatoms. The first-order valence-electron chi connectivity index (χ1n) is 5.91. The molecule has 20 heavy (non-hydrogen) atoms. The summed E-state index contributed by atoms with van der Waals surface area (Å²) in [4.78, 5) is 1.04. The van der Waals surface area contributed by atoms with Crippen molar-refractivity contribution >= 4 is 27.3 Å². The van der Waals surface area contributed by atoms with Gasteiger partial charge in [-0.2, -0.15) is 0 Å². The van der Waals surface area contributed by atoms with Crippen LogP contribution < -0.4 is 19.9 Å².